The number of hydrogen-bond donors (Lipinski definition) is 0. The van der Waals surface area contributed by atoms with Crippen LogP contribution < -0.4 is 10.4 Å². The van der Waals surface area contributed by atoms with Crippen LogP contribution in [0, 0.1) is 24.0 Å². The van der Waals surface area contributed by atoms with E-state index in [0.717, 1.165) is 16.0 Å². The van der Waals surface area contributed by atoms with E-state index in [0.29, 0.717) is 11.8 Å². The van der Waals surface area contributed by atoms with E-state index >= 15 is 0 Å². The van der Waals surface area contributed by atoms with Gasteiger partial charge in [-0.1, -0.05) is 61.3 Å². The van der Waals surface area contributed by atoms with Crippen LogP contribution in [0.3, 0.4) is 0 Å². The smallest absolute Gasteiger partial charge is 0.324 e. The molecule has 28 heavy (non-hydrogen) atoms. The van der Waals surface area contributed by atoms with Crippen LogP contribution in [0.5, 0.6) is 0 Å². The van der Waals surface area contributed by atoms with Gasteiger partial charge in [-0.3, -0.25) is 12.7 Å². The summed E-state index contributed by atoms with van der Waals surface area (Å²) in [6.07, 6.45) is 8.43. The van der Waals surface area contributed by atoms with Crippen molar-refractivity contribution in [1.29, 1.82) is 0 Å². The van der Waals surface area contributed by atoms with E-state index in [1.165, 1.54) is 0 Å². The van der Waals surface area contributed by atoms with E-state index in [4.69, 9.17) is 6.58 Å². The quantitative estimate of drug-likeness (QED) is 0.328. The molecule has 0 aliphatic carbocycles. The zero-order valence-corrected chi connectivity index (χ0v) is 24.6. The van der Waals surface area contributed by atoms with Gasteiger partial charge in [0.05, 0.1) is 0 Å². The molecule has 152 valence electrons. The second-order valence-electron chi connectivity index (χ2n) is 5.67. The summed E-state index contributed by atoms with van der Waals surface area (Å²) < 4.78 is 0. The summed E-state index contributed by atoms with van der Waals surface area (Å²) in [5.74, 6) is 0.920. The van der Waals surface area contributed by atoms with Gasteiger partial charge in [0.1, 0.15) is 0 Å². The minimum Gasteiger partial charge on any atom is -0.324 e. The molecular weight excluding hydrogens is 680 g/mol. The Bertz CT molecular complexity index is 671. The van der Waals surface area contributed by atoms with E-state index in [9.17, 15) is 0 Å². The molecule has 0 saturated heterocycles. The average molecular weight is 716 g/mol. The molecule has 0 saturated carbocycles. The Morgan fingerprint density at radius 3 is 1.79 bits per heavy atom. The number of rotatable bonds is 3. The first-order valence-electron chi connectivity index (χ1n) is 9.66. The molecule has 0 aliphatic rings. The van der Waals surface area contributed by atoms with Gasteiger partial charge >= 0.3 is 42.1 Å². The molecule has 0 spiro atoms. The van der Waals surface area contributed by atoms with Crippen molar-refractivity contribution < 1.29 is 42.1 Å². The Balaban J connectivity index is -0.000000165. The Hall–Kier alpha value is -0.703. The van der Waals surface area contributed by atoms with Crippen molar-refractivity contribution in [3.05, 3.63) is 76.7 Å². The third-order valence-electron chi connectivity index (χ3n) is 2.71. The Kier molecular flexibility index (Phi) is 30.2. The second kappa shape index (κ2) is 24.3. The molecule has 0 radical (unpaired) electrons. The topological polar surface area (TPSA) is 0 Å². The van der Waals surface area contributed by atoms with Crippen LogP contribution in [0.15, 0.2) is 48.5 Å². The van der Waals surface area contributed by atoms with Crippen LogP contribution in [0.4, 0.5) is 0 Å². The van der Waals surface area contributed by atoms with Crippen molar-refractivity contribution in [3.63, 3.8) is 0 Å². The van der Waals surface area contributed by atoms with Gasteiger partial charge in [0.25, 0.3) is 0 Å². The minimum atomic E-state index is 0. The summed E-state index contributed by atoms with van der Waals surface area (Å²) in [4.78, 5) is 0. The monoisotopic (exact) mass is 716 g/mol. The van der Waals surface area contributed by atoms with E-state index in [-0.39, 0.29) is 42.1 Å². The van der Waals surface area contributed by atoms with Crippen molar-refractivity contribution in [2.24, 2.45) is 11.8 Å². The minimum absolute atomic E-state index is 0. The molecule has 2 rings (SSSR count). The fourth-order valence-electron chi connectivity index (χ4n) is 1.69. The first-order chi connectivity index (χ1) is 12.5. The summed E-state index contributed by atoms with van der Waals surface area (Å²) in [5, 5.41) is 1.82. The van der Waals surface area contributed by atoms with Gasteiger partial charge in [-0.15, -0.1) is 24.1 Å². The summed E-state index contributed by atoms with van der Waals surface area (Å²) in [6, 6.07) is 18.8. The van der Waals surface area contributed by atoms with Crippen LogP contribution in [0.1, 0.15) is 61.0 Å². The third-order valence-corrected chi connectivity index (χ3v) is 2.71. The predicted octanol–water partition coefficient (Wildman–Crippen LogP) is 6.29. The fraction of sp³-hybridized carbons (Fsp3) is 0.385. The van der Waals surface area contributed by atoms with E-state index < -0.39 is 0 Å². The zero-order valence-electron chi connectivity index (χ0n) is 18.7. The fourth-order valence-corrected chi connectivity index (χ4v) is 1.69. The molecule has 0 atom stereocenters. The molecule has 0 aliphatic heterocycles. The van der Waals surface area contributed by atoms with Gasteiger partial charge in [0, 0.05) is 0 Å². The molecule has 0 unspecified atom stereocenters. The van der Waals surface area contributed by atoms with Crippen molar-refractivity contribution >= 4 is 18.7 Å². The molecule has 2 aromatic rings. The number of benzene rings is 2. The Morgan fingerprint density at radius 1 is 0.821 bits per heavy atom. The molecule has 0 aromatic heterocycles. The molecule has 0 N–H and O–H groups in total. The maximum Gasteiger partial charge on any atom is 2.00 e. The summed E-state index contributed by atoms with van der Waals surface area (Å²) in [5.41, 5.74) is 1.10. The maximum atomic E-state index is 5.71. The molecule has 0 bridgehead atoms. The van der Waals surface area contributed by atoms with Crippen LogP contribution in [0.2, 0.25) is 0 Å². The summed E-state index contributed by atoms with van der Waals surface area (Å²) in [6.45, 7) is 22.1. The second-order valence-corrected chi connectivity index (χ2v) is 5.67. The molecule has 0 nitrogen and oxygen atoms in total. The van der Waals surface area contributed by atoms with Crippen LogP contribution in [-0.2, 0) is 42.1 Å². The van der Waals surface area contributed by atoms with E-state index in [1.54, 1.807) is 0 Å². The number of allylic oxidation sites excluding steroid dienone is 1. The maximum absolute atomic E-state index is 5.71. The van der Waals surface area contributed by atoms with Gasteiger partial charge in [0.2, 0.25) is 0 Å². The van der Waals surface area contributed by atoms with Crippen LogP contribution in [0.25, 0.3) is 18.7 Å². The van der Waals surface area contributed by atoms with Gasteiger partial charge in [-0.05, 0) is 0 Å². The predicted molar refractivity (Wildman–Crippen MR) is 119 cm³/mol. The summed E-state index contributed by atoms with van der Waals surface area (Å²) in [7, 11) is 0. The first kappa shape index (κ1) is 34.8. The number of hydrogen-bond acceptors (Lipinski definition) is 0. The van der Waals surface area contributed by atoms with Crippen molar-refractivity contribution in [3.8, 4) is 0 Å². The van der Waals surface area contributed by atoms with Crippen LogP contribution in [-0.4, -0.2) is 0 Å². The third kappa shape index (κ3) is 20.0. The normalized spacial score (nSPS) is 9.71. The van der Waals surface area contributed by atoms with Gasteiger partial charge in [0.15, 0.2) is 0 Å². The van der Waals surface area contributed by atoms with Gasteiger partial charge < -0.3 is 28.2 Å². The van der Waals surface area contributed by atoms with Gasteiger partial charge in [-0.2, -0.15) is 12.1 Å². The molecule has 0 heterocycles. The standard InChI is InChI=1S/2C11H12.2C2H6.2W/c1-9(2)8-11-7-5-4-6-10(11)3;1-10(2)8-9-11-6-4-3-5-7-11;2*1-2;;/h3-7,9H,1-2H3;3-6,9-10H,1-2H3;2*1-2H3;;/q2*-2;;;2*+2. The molecule has 2 aromatic carbocycles. The SMILES string of the molecule is CC.CC.CC(C)[C-]=Cc1[c-]cccc1.[CH-]=c1ccccc1=[C-]C(C)C.[W+2].[W+2]. The molecular formula is C26H36W2. The molecule has 0 fully saturated rings. The van der Waals surface area contributed by atoms with Crippen molar-refractivity contribution in [1.82, 2.24) is 0 Å². The summed E-state index contributed by atoms with van der Waals surface area (Å²) >= 11 is 0. The Labute approximate surface area is 203 Å². The van der Waals surface area contributed by atoms with Crippen LogP contribution >= 0.6 is 0 Å². The Morgan fingerprint density at radius 2 is 1.36 bits per heavy atom. The molecule has 2 heteroatoms. The van der Waals surface area contributed by atoms with E-state index in [1.807, 2.05) is 82.3 Å². The van der Waals surface area contributed by atoms with Crippen molar-refractivity contribution in [2.75, 3.05) is 0 Å². The van der Waals surface area contributed by atoms with Gasteiger partial charge in [-0.25, -0.2) is 24.3 Å². The zero-order chi connectivity index (χ0) is 20.4. The van der Waals surface area contributed by atoms with Crippen molar-refractivity contribution in [2.45, 2.75) is 55.4 Å². The average Bonchev–Trinajstić information content (AvgIpc) is 2.66. The van der Waals surface area contributed by atoms with E-state index in [2.05, 4.69) is 45.9 Å². The molecule has 0 amide bonds. The first-order valence-corrected chi connectivity index (χ1v) is 9.66. The largest absolute Gasteiger partial charge is 2.00 e.